The number of likely N-dealkylation sites (N-methyl/N-ethyl adjacent to an activating group) is 1. The second-order valence-electron chi connectivity index (χ2n) is 4.88. The topological polar surface area (TPSA) is 68.2 Å². The molecule has 8 heteroatoms. The zero-order valence-electron chi connectivity index (χ0n) is 12.8. The highest BCUT2D eigenvalue weighted by Gasteiger charge is 2.20. The maximum Gasteiger partial charge on any atom is 0.272 e. The standard InChI is InChI=1S/C15H18F2N4O2/c1-18-14(10-7-19-21(2)8-10)15(22)20-11-3-5-12(6-4-11)23-9-13(16)17/h3-8,13-14,18H,9H2,1-2H3,(H,20,22). The van der Waals surface area contributed by atoms with Gasteiger partial charge in [-0.05, 0) is 31.3 Å². The molecule has 2 N–H and O–H groups in total. The Kier molecular flexibility index (Phi) is 5.64. The molecular formula is C15H18F2N4O2. The second kappa shape index (κ2) is 7.68. The Hall–Kier alpha value is -2.48. The van der Waals surface area contributed by atoms with Crippen molar-refractivity contribution in [2.45, 2.75) is 12.5 Å². The van der Waals surface area contributed by atoms with Gasteiger partial charge in [0.15, 0.2) is 0 Å². The van der Waals surface area contributed by atoms with Crippen LogP contribution in [0.15, 0.2) is 36.7 Å². The van der Waals surface area contributed by atoms with E-state index in [2.05, 4.69) is 15.7 Å². The third kappa shape index (κ3) is 4.75. The van der Waals surface area contributed by atoms with Crippen molar-refractivity contribution in [1.29, 1.82) is 0 Å². The number of ether oxygens (including phenoxy) is 1. The van der Waals surface area contributed by atoms with Crippen LogP contribution in [0, 0.1) is 0 Å². The van der Waals surface area contributed by atoms with Gasteiger partial charge in [0.25, 0.3) is 6.43 Å². The lowest BCUT2D eigenvalue weighted by Gasteiger charge is -2.15. The molecule has 6 nitrogen and oxygen atoms in total. The van der Waals surface area contributed by atoms with E-state index in [4.69, 9.17) is 4.74 Å². The lowest BCUT2D eigenvalue weighted by molar-refractivity contribution is -0.118. The smallest absolute Gasteiger partial charge is 0.272 e. The zero-order chi connectivity index (χ0) is 16.8. The van der Waals surface area contributed by atoms with Crippen molar-refractivity contribution in [2.75, 3.05) is 19.0 Å². The number of alkyl halides is 2. The van der Waals surface area contributed by atoms with Gasteiger partial charge in [-0.15, -0.1) is 0 Å². The van der Waals surface area contributed by atoms with Gasteiger partial charge in [0.05, 0.1) is 6.20 Å². The zero-order valence-corrected chi connectivity index (χ0v) is 12.8. The summed E-state index contributed by atoms with van der Waals surface area (Å²) in [5.74, 6) is 0.0717. The fourth-order valence-corrected chi connectivity index (χ4v) is 2.05. The first-order chi connectivity index (χ1) is 11.0. The first-order valence-electron chi connectivity index (χ1n) is 6.97. The number of carbonyl (C=O) groups excluding carboxylic acids is 1. The van der Waals surface area contributed by atoms with Crippen LogP contribution >= 0.6 is 0 Å². The molecule has 0 aliphatic heterocycles. The minimum Gasteiger partial charge on any atom is -0.488 e. The molecule has 0 aliphatic rings. The predicted molar refractivity (Wildman–Crippen MR) is 81.6 cm³/mol. The van der Waals surface area contributed by atoms with Crippen molar-refractivity contribution >= 4 is 11.6 Å². The quantitative estimate of drug-likeness (QED) is 0.817. The van der Waals surface area contributed by atoms with E-state index >= 15 is 0 Å². The molecule has 23 heavy (non-hydrogen) atoms. The van der Waals surface area contributed by atoms with Gasteiger partial charge in [-0.3, -0.25) is 9.48 Å². The maximum absolute atomic E-state index is 12.3. The summed E-state index contributed by atoms with van der Waals surface area (Å²) in [5, 5.41) is 9.71. The molecule has 1 aromatic carbocycles. The van der Waals surface area contributed by atoms with Crippen LogP contribution in [0.2, 0.25) is 0 Å². The summed E-state index contributed by atoms with van der Waals surface area (Å²) in [6, 6.07) is 5.69. The predicted octanol–water partition coefficient (Wildman–Crippen LogP) is 1.96. The molecular weight excluding hydrogens is 306 g/mol. The van der Waals surface area contributed by atoms with Crippen molar-refractivity contribution in [3.05, 3.63) is 42.2 Å². The van der Waals surface area contributed by atoms with Gasteiger partial charge in [-0.1, -0.05) is 0 Å². The Morgan fingerprint density at radius 2 is 2.04 bits per heavy atom. The van der Waals surface area contributed by atoms with E-state index in [1.807, 2.05) is 0 Å². The lowest BCUT2D eigenvalue weighted by Crippen LogP contribution is -2.30. The number of anilines is 1. The number of aryl methyl sites for hydroxylation is 1. The largest absolute Gasteiger partial charge is 0.488 e. The van der Waals surface area contributed by atoms with Gasteiger partial charge in [0.2, 0.25) is 5.91 Å². The monoisotopic (exact) mass is 324 g/mol. The Bertz CT molecular complexity index is 643. The minimum atomic E-state index is -2.52. The number of halogens is 2. The first-order valence-corrected chi connectivity index (χ1v) is 6.97. The number of hydrogen-bond acceptors (Lipinski definition) is 4. The Balaban J connectivity index is 1.98. The van der Waals surface area contributed by atoms with Gasteiger partial charge in [-0.2, -0.15) is 5.10 Å². The number of rotatable bonds is 7. The molecule has 124 valence electrons. The van der Waals surface area contributed by atoms with Crippen molar-refractivity contribution in [2.24, 2.45) is 7.05 Å². The highest BCUT2D eigenvalue weighted by molar-refractivity contribution is 5.95. The summed E-state index contributed by atoms with van der Waals surface area (Å²) < 4.78 is 30.6. The molecule has 0 bridgehead atoms. The molecule has 2 aromatic rings. The van der Waals surface area contributed by atoms with Gasteiger partial charge in [-0.25, -0.2) is 8.78 Å². The summed E-state index contributed by atoms with van der Waals surface area (Å²) in [6.45, 7) is -0.658. The number of benzene rings is 1. The molecule has 0 aliphatic carbocycles. The van der Waals surface area contributed by atoms with Crippen LogP contribution in [0.25, 0.3) is 0 Å². The average Bonchev–Trinajstić information content (AvgIpc) is 2.93. The molecule has 1 amide bonds. The van der Waals surface area contributed by atoms with Crippen LogP contribution < -0.4 is 15.4 Å². The molecule has 0 fully saturated rings. The second-order valence-corrected chi connectivity index (χ2v) is 4.88. The summed E-state index contributed by atoms with van der Waals surface area (Å²) in [5.41, 5.74) is 1.29. The van der Waals surface area contributed by atoms with E-state index in [0.29, 0.717) is 11.4 Å². The van der Waals surface area contributed by atoms with Gasteiger partial charge >= 0.3 is 0 Å². The van der Waals surface area contributed by atoms with E-state index in [-0.39, 0.29) is 5.91 Å². The number of carbonyl (C=O) groups is 1. The maximum atomic E-state index is 12.3. The van der Waals surface area contributed by atoms with E-state index in [0.717, 1.165) is 5.56 Å². The Labute approximate surface area is 132 Å². The first kappa shape index (κ1) is 16.9. The molecule has 2 rings (SSSR count). The Morgan fingerprint density at radius 1 is 1.35 bits per heavy atom. The minimum absolute atomic E-state index is 0.248. The van der Waals surface area contributed by atoms with Gasteiger partial charge in [0, 0.05) is 24.5 Å². The van der Waals surface area contributed by atoms with Crippen LogP contribution in [0.5, 0.6) is 5.75 Å². The van der Waals surface area contributed by atoms with E-state index in [1.165, 1.54) is 12.1 Å². The van der Waals surface area contributed by atoms with E-state index in [1.54, 1.807) is 43.3 Å². The van der Waals surface area contributed by atoms with Crippen LogP contribution in [-0.4, -0.2) is 35.8 Å². The Morgan fingerprint density at radius 3 is 2.57 bits per heavy atom. The van der Waals surface area contributed by atoms with Gasteiger partial charge < -0.3 is 15.4 Å². The summed E-state index contributed by atoms with van der Waals surface area (Å²) >= 11 is 0. The summed E-state index contributed by atoms with van der Waals surface area (Å²) in [4.78, 5) is 12.3. The summed E-state index contributed by atoms with van der Waals surface area (Å²) in [6.07, 6.45) is 0.842. The van der Waals surface area contributed by atoms with E-state index < -0.39 is 19.1 Å². The third-order valence-corrected chi connectivity index (χ3v) is 3.11. The fraction of sp³-hybridized carbons (Fsp3) is 0.333. The van der Waals surface area contributed by atoms with Crippen molar-refractivity contribution in [1.82, 2.24) is 15.1 Å². The van der Waals surface area contributed by atoms with Crippen LogP contribution in [-0.2, 0) is 11.8 Å². The molecule has 0 radical (unpaired) electrons. The molecule has 1 aromatic heterocycles. The summed E-state index contributed by atoms with van der Waals surface area (Å²) in [7, 11) is 3.45. The highest BCUT2D eigenvalue weighted by atomic mass is 19.3. The van der Waals surface area contributed by atoms with Crippen LogP contribution in [0.4, 0.5) is 14.5 Å². The molecule has 0 saturated carbocycles. The number of nitrogens with one attached hydrogen (secondary N) is 2. The van der Waals surface area contributed by atoms with Crippen molar-refractivity contribution in [3.8, 4) is 5.75 Å². The number of nitrogens with zero attached hydrogens (tertiary/aromatic N) is 2. The molecule has 0 spiro atoms. The SMILES string of the molecule is CNC(C(=O)Nc1ccc(OCC(F)F)cc1)c1cnn(C)c1. The molecule has 1 heterocycles. The van der Waals surface area contributed by atoms with Gasteiger partial charge in [0.1, 0.15) is 18.4 Å². The molecule has 1 atom stereocenters. The average molecular weight is 324 g/mol. The van der Waals surface area contributed by atoms with Crippen LogP contribution in [0.3, 0.4) is 0 Å². The molecule has 0 saturated heterocycles. The van der Waals surface area contributed by atoms with Crippen molar-refractivity contribution in [3.63, 3.8) is 0 Å². The molecule has 1 unspecified atom stereocenters. The highest BCUT2D eigenvalue weighted by Crippen LogP contribution is 2.19. The fourth-order valence-electron chi connectivity index (χ4n) is 2.05. The normalized spacial score (nSPS) is 12.2. The van der Waals surface area contributed by atoms with E-state index in [9.17, 15) is 13.6 Å². The number of amides is 1. The third-order valence-electron chi connectivity index (χ3n) is 3.11. The van der Waals surface area contributed by atoms with Crippen molar-refractivity contribution < 1.29 is 18.3 Å². The van der Waals surface area contributed by atoms with Crippen LogP contribution in [0.1, 0.15) is 11.6 Å². The lowest BCUT2D eigenvalue weighted by atomic mass is 10.1. The number of aromatic nitrogens is 2. The number of hydrogen-bond donors (Lipinski definition) is 2.